The van der Waals surface area contributed by atoms with E-state index in [0.717, 1.165) is 18.4 Å². The van der Waals surface area contributed by atoms with E-state index in [1.165, 1.54) is 0 Å². The van der Waals surface area contributed by atoms with Gasteiger partial charge in [0, 0.05) is 12.3 Å². The van der Waals surface area contributed by atoms with Crippen molar-refractivity contribution in [2.45, 2.75) is 42.8 Å². The van der Waals surface area contributed by atoms with Crippen molar-refractivity contribution in [2.24, 2.45) is 5.92 Å². The molecule has 0 amide bonds. The Balaban J connectivity index is 2.10. The fourth-order valence-electron chi connectivity index (χ4n) is 3.48. The van der Waals surface area contributed by atoms with E-state index in [1.807, 2.05) is 37.3 Å². The Bertz CT molecular complexity index is 808. The van der Waals surface area contributed by atoms with Crippen LogP contribution in [0.4, 0.5) is 0 Å². The van der Waals surface area contributed by atoms with Crippen molar-refractivity contribution in [2.75, 3.05) is 0 Å². The molecule has 24 heavy (non-hydrogen) atoms. The zero-order valence-corrected chi connectivity index (χ0v) is 14.6. The van der Waals surface area contributed by atoms with E-state index in [-0.39, 0.29) is 5.78 Å². The number of Topliss-reactive ketones (excluding diaryl/α,β-unsaturated/α-hetero) is 1. The van der Waals surface area contributed by atoms with Crippen LogP contribution in [0.5, 0.6) is 0 Å². The highest BCUT2D eigenvalue weighted by molar-refractivity contribution is 7.91. The van der Waals surface area contributed by atoms with Crippen molar-refractivity contribution in [3.8, 4) is 0 Å². The van der Waals surface area contributed by atoms with E-state index in [0.29, 0.717) is 23.3 Å². The van der Waals surface area contributed by atoms with Gasteiger partial charge in [-0.25, -0.2) is 8.42 Å². The third-order valence-corrected chi connectivity index (χ3v) is 6.98. The minimum atomic E-state index is -3.62. The Morgan fingerprint density at radius 2 is 1.62 bits per heavy atom. The van der Waals surface area contributed by atoms with Crippen LogP contribution in [0.25, 0.3) is 0 Å². The van der Waals surface area contributed by atoms with Crippen LogP contribution >= 0.6 is 0 Å². The molecule has 0 heterocycles. The summed E-state index contributed by atoms with van der Waals surface area (Å²) in [4.78, 5) is 12.8. The Labute approximate surface area is 143 Å². The van der Waals surface area contributed by atoms with Gasteiger partial charge in [0.1, 0.15) is 11.0 Å². The number of carbonyl (C=O) groups is 1. The fourth-order valence-corrected chi connectivity index (χ4v) is 5.52. The number of aryl methyl sites for hydroxylation is 1. The molecule has 4 heteroatoms. The van der Waals surface area contributed by atoms with Crippen LogP contribution in [0.3, 0.4) is 0 Å². The summed E-state index contributed by atoms with van der Waals surface area (Å²) in [5.41, 5.74) is 1.72. The number of rotatable bonds is 4. The topological polar surface area (TPSA) is 51.2 Å². The minimum Gasteiger partial charge on any atom is -0.299 e. The third-order valence-electron chi connectivity index (χ3n) is 4.78. The third kappa shape index (κ3) is 3.29. The first-order valence-electron chi connectivity index (χ1n) is 8.38. The lowest BCUT2D eigenvalue weighted by Crippen LogP contribution is -2.30. The van der Waals surface area contributed by atoms with Crippen LogP contribution in [-0.2, 0) is 14.6 Å². The average molecular weight is 342 g/mol. The van der Waals surface area contributed by atoms with Gasteiger partial charge in [-0.15, -0.1) is 0 Å². The van der Waals surface area contributed by atoms with E-state index in [1.54, 1.807) is 24.3 Å². The molecule has 3 rings (SSSR count). The van der Waals surface area contributed by atoms with Crippen LogP contribution in [0.2, 0.25) is 0 Å². The molecule has 1 aliphatic rings. The molecule has 2 unspecified atom stereocenters. The zero-order chi connectivity index (χ0) is 17.2. The maximum atomic E-state index is 13.3. The van der Waals surface area contributed by atoms with Gasteiger partial charge in [-0.3, -0.25) is 4.79 Å². The lowest BCUT2D eigenvalue weighted by Gasteiger charge is -2.29. The van der Waals surface area contributed by atoms with Crippen molar-refractivity contribution < 1.29 is 13.2 Å². The van der Waals surface area contributed by atoms with E-state index in [9.17, 15) is 13.2 Å². The van der Waals surface area contributed by atoms with Gasteiger partial charge in [-0.2, -0.15) is 0 Å². The van der Waals surface area contributed by atoms with E-state index >= 15 is 0 Å². The van der Waals surface area contributed by atoms with Crippen molar-refractivity contribution in [1.82, 2.24) is 0 Å². The van der Waals surface area contributed by atoms with E-state index in [2.05, 4.69) is 0 Å². The summed E-state index contributed by atoms with van der Waals surface area (Å²) < 4.78 is 26.7. The number of carbonyl (C=O) groups excluding carboxylic acids is 1. The number of ketones is 1. The zero-order valence-electron chi connectivity index (χ0n) is 13.8. The second kappa shape index (κ2) is 6.89. The van der Waals surface area contributed by atoms with Gasteiger partial charge in [0.05, 0.1) is 4.90 Å². The summed E-state index contributed by atoms with van der Waals surface area (Å²) >= 11 is 0. The molecule has 0 spiro atoms. The molecule has 0 saturated heterocycles. The molecule has 1 fully saturated rings. The highest BCUT2D eigenvalue weighted by Crippen LogP contribution is 2.40. The number of hydrogen-bond donors (Lipinski definition) is 0. The summed E-state index contributed by atoms with van der Waals surface area (Å²) in [5.74, 6) is -0.377. The summed E-state index contributed by atoms with van der Waals surface area (Å²) in [7, 11) is -3.62. The van der Waals surface area contributed by atoms with Gasteiger partial charge in [-0.05, 0) is 37.5 Å². The Kier molecular flexibility index (Phi) is 4.86. The Hall–Kier alpha value is -1.94. The molecule has 2 aromatic carbocycles. The highest BCUT2D eigenvalue weighted by Gasteiger charge is 2.40. The quantitative estimate of drug-likeness (QED) is 0.834. The molecule has 2 aromatic rings. The SMILES string of the molecule is Cc1ccc(S(=O)(=O)C(c2ccccc2)C2CCCCC2=O)cc1. The van der Waals surface area contributed by atoms with Crippen molar-refractivity contribution in [3.05, 3.63) is 65.7 Å². The normalized spacial score (nSPS) is 19.9. The van der Waals surface area contributed by atoms with Crippen molar-refractivity contribution >= 4 is 15.6 Å². The van der Waals surface area contributed by atoms with Gasteiger partial charge < -0.3 is 0 Å². The molecule has 0 N–H and O–H groups in total. The second-order valence-electron chi connectivity index (χ2n) is 6.51. The predicted molar refractivity (Wildman–Crippen MR) is 94.5 cm³/mol. The van der Waals surface area contributed by atoms with Gasteiger partial charge >= 0.3 is 0 Å². The number of hydrogen-bond acceptors (Lipinski definition) is 3. The molecule has 0 aliphatic heterocycles. The summed E-state index contributed by atoms with van der Waals surface area (Å²) in [6.07, 6.45) is 2.89. The Morgan fingerprint density at radius 3 is 2.25 bits per heavy atom. The molecular weight excluding hydrogens is 320 g/mol. The molecule has 0 aromatic heterocycles. The van der Waals surface area contributed by atoms with Crippen molar-refractivity contribution in [3.63, 3.8) is 0 Å². The first-order valence-corrected chi connectivity index (χ1v) is 9.93. The largest absolute Gasteiger partial charge is 0.299 e. The standard InChI is InChI=1S/C20H22O3S/c1-15-11-13-17(14-12-15)24(22,23)20(16-7-3-2-4-8-16)18-9-5-6-10-19(18)21/h2-4,7-8,11-14,18,20H,5-6,9-10H2,1H3. The molecule has 0 bridgehead atoms. The number of sulfone groups is 1. The predicted octanol–water partition coefficient (Wildman–Crippen LogP) is 4.27. The molecule has 1 aliphatic carbocycles. The molecular formula is C20H22O3S. The van der Waals surface area contributed by atoms with Crippen molar-refractivity contribution in [1.29, 1.82) is 0 Å². The Morgan fingerprint density at radius 1 is 0.958 bits per heavy atom. The summed E-state index contributed by atoms with van der Waals surface area (Å²) in [6, 6.07) is 16.1. The van der Waals surface area contributed by atoms with Crippen LogP contribution in [0.1, 0.15) is 42.1 Å². The monoisotopic (exact) mass is 342 g/mol. The van der Waals surface area contributed by atoms with Crippen LogP contribution < -0.4 is 0 Å². The maximum Gasteiger partial charge on any atom is 0.186 e. The molecule has 1 saturated carbocycles. The van der Waals surface area contributed by atoms with E-state index < -0.39 is 21.0 Å². The van der Waals surface area contributed by atoms with Gasteiger partial charge in [0.25, 0.3) is 0 Å². The van der Waals surface area contributed by atoms with Crippen LogP contribution in [0.15, 0.2) is 59.5 Å². The van der Waals surface area contributed by atoms with Crippen LogP contribution in [0, 0.1) is 12.8 Å². The first-order chi connectivity index (χ1) is 11.5. The highest BCUT2D eigenvalue weighted by atomic mass is 32.2. The molecule has 2 atom stereocenters. The smallest absolute Gasteiger partial charge is 0.186 e. The second-order valence-corrected chi connectivity index (χ2v) is 8.58. The summed E-state index contributed by atoms with van der Waals surface area (Å²) in [6.45, 7) is 1.93. The van der Waals surface area contributed by atoms with E-state index in [4.69, 9.17) is 0 Å². The maximum absolute atomic E-state index is 13.3. The van der Waals surface area contributed by atoms with Gasteiger partial charge in [-0.1, -0.05) is 54.4 Å². The lowest BCUT2D eigenvalue weighted by molar-refractivity contribution is -0.124. The van der Waals surface area contributed by atoms with Crippen LogP contribution in [-0.4, -0.2) is 14.2 Å². The molecule has 3 nitrogen and oxygen atoms in total. The number of benzene rings is 2. The molecule has 126 valence electrons. The lowest BCUT2D eigenvalue weighted by atomic mass is 9.83. The minimum absolute atomic E-state index is 0.0748. The fraction of sp³-hybridized carbons (Fsp3) is 0.350. The molecule has 0 radical (unpaired) electrons. The average Bonchev–Trinajstić information content (AvgIpc) is 2.58. The summed E-state index contributed by atoms with van der Waals surface area (Å²) in [5, 5.41) is -0.797. The van der Waals surface area contributed by atoms with Gasteiger partial charge in [0.2, 0.25) is 0 Å². The first kappa shape index (κ1) is 16.9. The van der Waals surface area contributed by atoms with Gasteiger partial charge in [0.15, 0.2) is 9.84 Å².